The molecular weight excluding hydrogens is 498 g/mol. The van der Waals surface area contributed by atoms with Gasteiger partial charge in [-0.1, -0.05) is 26.8 Å². The molecular formula is C25H29F4NO5Si. The van der Waals surface area contributed by atoms with Crippen molar-refractivity contribution >= 4 is 19.9 Å². The number of alkyl halides is 2. The van der Waals surface area contributed by atoms with Crippen LogP contribution in [0.25, 0.3) is 0 Å². The van der Waals surface area contributed by atoms with Gasteiger partial charge >= 0.3 is 6.61 Å². The van der Waals surface area contributed by atoms with Crippen molar-refractivity contribution in [3.05, 3.63) is 59.9 Å². The van der Waals surface area contributed by atoms with E-state index >= 15 is 0 Å². The molecule has 3 rings (SSSR count). The van der Waals surface area contributed by atoms with Crippen LogP contribution in [0.15, 0.2) is 48.2 Å². The maximum absolute atomic E-state index is 13.9. The van der Waals surface area contributed by atoms with Crippen molar-refractivity contribution in [2.45, 2.75) is 45.5 Å². The standard InChI is InChI=1S/C25H29F4NO5Si/c1-25(2,3)36(4,5)33-14-13-32-18-10-9-16(15-21(18)35-24(28)29)30-12-11-20(23(30)31)34-19-8-6-7-17(26)22(19)27/h6-11,15,24H,12-14H2,1-5H3. The summed E-state index contributed by atoms with van der Waals surface area (Å²) in [5.41, 5.74) is 0.232. The molecule has 2 aromatic rings. The van der Waals surface area contributed by atoms with Crippen molar-refractivity contribution in [3.8, 4) is 17.2 Å². The Bertz CT molecular complexity index is 1130. The second-order valence-corrected chi connectivity index (χ2v) is 14.4. The number of anilines is 1. The first-order valence-electron chi connectivity index (χ1n) is 11.3. The highest BCUT2D eigenvalue weighted by Gasteiger charge is 2.37. The predicted molar refractivity (Wildman–Crippen MR) is 129 cm³/mol. The van der Waals surface area contributed by atoms with Crippen LogP contribution in [-0.2, 0) is 9.22 Å². The number of hydrogen-bond donors (Lipinski definition) is 0. The maximum atomic E-state index is 13.9. The van der Waals surface area contributed by atoms with Gasteiger partial charge in [-0.15, -0.1) is 0 Å². The van der Waals surface area contributed by atoms with Gasteiger partial charge in [0.2, 0.25) is 5.82 Å². The highest BCUT2D eigenvalue weighted by molar-refractivity contribution is 6.74. The number of amides is 1. The summed E-state index contributed by atoms with van der Waals surface area (Å²) in [6, 6.07) is 7.51. The minimum atomic E-state index is -3.12. The number of hydrogen-bond acceptors (Lipinski definition) is 5. The first-order valence-corrected chi connectivity index (χ1v) is 14.2. The Kier molecular flexibility index (Phi) is 8.35. The first-order chi connectivity index (χ1) is 16.8. The van der Waals surface area contributed by atoms with Gasteiger partial charge in [0.25, 0.3) is 5.91 Å². The van der Waals surface area contributed by atoms with E-state index in [1.54, 1.807) is 0 Å². The van der Waals surface area contributed by atoms with E-state index in [2.05, 4.69) is 38.6 Å². The minimum Gasteiger partial charge on any atom is -0.487 e. The third-order valence-corrected chi connectivity index (χ3v) is 10.7. The Morgan fingerprint density at radius 3 is 2.42 bits per heavy atom. The molecule has 0 unspecified atom stereocenters. The van der Waals surface area contributed by atoms with Gasteiger partial charge in [-0.05, 0) is 48.5 Å². The number of ether oxygens (including phenoxy) is 3. The zero-order valence-electron chi connectivity index (χ0n) is 20.7. The molecule has 0 radical (unpaired) electrons. The van der Waals surface area contributed by atoms with E-state index in [1.165, 1.54) is 41.3 Å². The average molecular weight is 528 g/mol. The molecule has 1 amide bonds. The van der Waals surface area contributed by atoms with Gasteiger partial charge in [-0.2, -0.15) is 13.2 Å². The van der Waals surface area contributed by atoms with Gasteiger partial charge in [0.05, 0.1) is 6.61 Å². The molecule has 1 heterocycles. The lowest BCUT2D eigenvalue weighted by Crippen LogP contribution is -2.41. The maximum Gasteiger partial charge on any atom is 0.387 e. The number of benzene rings is 2. The smallest absolute Gasteiger partial charge is 0.387 e. The summed E-state index contributed by atoms with van der Waals surface area (Å²) >= 11 is 0. The average Bonchev–Trinajstić information content (AvgIpc) is 3.14. The summed E-state index contributed by atoms with van der Waals surface area (Å²) in [4.78, 5) is 14.0. The van der Waals surface area contributed by atoms with E-state index in [1.807, 2.05) is 0 Å². The Morgan fingerprint density at radius 1 is 1.03 bits per heavy atom. The zero-order chi connectivity index (χ0) is 26.7. The summed E-state index contributed by atoms with van der Waals surface area (Å²) in [5, 5.41) is 0.0118. The van der Waals surface area contributed by atoms with Crippen LogP contribution in [0.3, 0.4) is 0 Å². The number of rotatable bonds is 10. The van der Waals surface area contributed by atoms with E-state index < -0.39 is 38.2 Å². The van der Waals surface area contributed by atoms with Crippen molar-refractivity contribution in [3.63, 3.8) is 0 Å². The van der Waals surface area contributed by atoms with Crippen LogP contribution in [0.5, 0.6) is 17.2 Å². The Balaban J connectivity index is 1.69. The van der Waals surface area contributed by atoms with E-state index in [9.17, 15) is 22.4 Å². The topological polar surface area (TPSA) is 57.2 Å². The highest BCUT2D eigenvalue weighted by Crippen LogP contribution is 2.37. The molecule has 0 N–H and O–H groups in total. The monoisotopic (exact) mass is 527 g/mol. The Hall–Kier alpha value is -3.05. The van der Waals surface area contributed by atoms with Crippen LogP contribution in [0.4, 0.5) is 23.2 Å². The van der Waals surface area contributed by atoms with Crippen molar-refractivity contribution < 1.29 is 41.0 Å². The molecule has 0 spiro atoms. The molecule has 0 saturated heterocycles. The van der Waals surface area contributed by atoms with Gasteiger partial charge in [-0.3, -0.25) is 4.79 Å². The molecule has 11 heteroatoms. The molecule has 6 nitrogen and oxygen atoms in total. The number of nitrogens with zero attached hydrogens (tertiary/aromatic N) is 1. The molecule has 1 aliphatic rings. The molecule has 2 aromatic carbocycles. The summed E-state index contributed by atoms with van der Waals surface area (Å²) in [5.74, 6) is -3.85. The van der Waals surface area contributed by atoms with E-state index in [0.717, 1.165) is 6.07 Å². The SMILES string of the molecule is CC(C)(C)[Si](C)(C)OCCOc1ccc(N2CC=C(Oc3cccc(F)c3F)C2=O)cc1OC(F)F. The van der Waals surface area contributed by atoms with Crippen molar-refractivity contribution in [1.82, 2.24) is 0 Å². The molecule has 0 atom stereocenters. The predicted octanol–water partition coefficient (Wildman–Crippen LogP) is 6.28. The molecule has 0 saturated carbocycles. The summed E-state index contributed by atoms with van der Waals surface area (Å²) in [6.07, 6.45) is 1.38. The molecule has 36 heavy (non-hydrogen) atoms. The normalized spacial score (nSPS) is 14.3. The number of carbonyl (C=O) groups excluding carboxylic acids is 1. The number of halogens is 4. The molecule has 0 bridgehead atoms. The van der Waals surface area contributed by atoms with Crippen LogP contribution in [0.2, 0.25) is 18.1 Å². The third kappa shape index (κ3) is 6.38. The molecule has 1 aliphatic heterocycles. The quantitative estimate of drug-likeness (QED) is 0.207. The second kappa shape index (κ2) is 10.9. The summed E-state index contributed by atoms with van der Waals surface area (Å²) in [7, 11) is -2.00. The fourth-order valence-corrected chi connectivity index (χ4v) is 4.13. The zero-order valence-corrected chi connectivity index (χ0v) is 21.7. The lowest BCUT2D eigenvalue weighted by atomic mass is 10.2. The summed E-state index contributed by atoms with van der Waals surface area (Å²) < 4.78 is 75.0. The van der Waals surface area contributed by atoms with Gasteiger partial charge in [-0.25, -0.2) is 4.39 Å². The van der Waals surface area contributed by atoms with E-state index in [-0.39, 0.29) is 47.7 Å². The largest absolute Gasteiger partial charge is 0.487 e. The van der Waals surface area contributed by atoms with Crippen LogP contribution in [-0.4, -0.2) is 40.6 Å². The molecule has 0 fully saturated rings. The van der Waals surface area contributed by atoms with Crippen LogP contribution in [0.1, 0.15) is 20.8 Å². The van der Waals surface area contributed by atoms with Crippen LogP contribution < -0.4 is 19.1 Å². The minimum absolute atomic E-state index is 0.0118. The van der Waals surface area contributed by atoms with Crippen molar-refractivity contribution in [2.75, 3.05) is 24.7 Å². The highest BCUT2D eigenvalue weighted by atomic mass is 28.4. The number of carbonyl (C=O) groups is 1. The van der Waals surface area contributed by atoms with Crippen LogP contribution in [0, 0.1) is 11.6 Å². The second-order valence-electron chi connectivity index (χ2n) is 9.60. The first kappa shape index (κ1) is 27.5. The third-order valence-electron chi connectivity index (χ3n) is 6.12. The summed E-state index contributed by atoms with van der Waals surface area (Å²) in [6.45, 7) is 7.80. The Labute approximate surface area is 208 Å². The molecule has 196 valence electrons. The van der Waals surface area contributed by atoms with Crippen LogP contribution >= 0.6 is 0 Å². The molecule has 0 aliphatic carbocycles. The van der Waals surface area contributed by atoms with E-state index in [0.29, 0.717) is 0 Å². The Morgan fingerprint density at radius 2 is 1.75 bits per heavy atom. The van der Waals surface area contributed by atoms with Gasteiger partial charge < -0.3 is 23.5 Å². The van der Waals surface area contributed by atoms with Crippen molar-refractivity contribution in [1.29, 1.82) is 0 Å². The fraction of sp³-hybridized carbons (Fsp3) is 0.400. The van der Waals surface area contributed by atoms with Crippen molar-refractivity contribution in [2.24, 2.45) is 0 Å². The van der Waals surface area contributed by atoms with Gasteiger partial charge in [0, 0.05) is 18.3 Å². The van der Waals surface area contributed by atoms with E-state index in [4.69, 9.17) is 13.9 Å². The lowest BCUT2D eigenvalue weighted by molar-refractivity contribution is -0.116. The van der Waals surface area contributed by atoms with Gasteiger partial charge in [0.1, 0.15) is 6.61 Å². The van der Waals surface area contributed by atoms with Gasteiger partial charge in [0.15, 0.2) is 37.1 Å². The molecule has 0 aromatic heterocycles. The fourth-order valence-electron chi connectivity index (χ4n) is 3.10. The lowest BCUT2D eigenvalue weighted by Gasteiger charge is -2.36.